The van der Waals surface area contributed by atoms with Crippen molar-refractivity contribution in [1.29, 1.82) is 0 Å². The molecule has 0 atom stereocenters. The Hall–Kier alpha value is -6.63. The van der Waals surface area contributed by atoms with E-state index in [0.29, 0.717) is 5.41 Å². The third-order valence-corrected chi connectivity index (χ3v) is 17.0. The number of hydrogen-bond acceptors (Lipinski definition) is 6. The van der Waals surface area contributed by atoms with Gasteiger partial charge in [-0.2, -0.15) is 0 Å². The minimum atomic E-state index is 0. The SMILES string of the molecule is CC(C)(C)Cc1ccc(-c2ccc(-c3cc(-c4[c-]c5ccccc5c(C(C)(C)C)c4)ncn3)cc2)cc1.CC(C)(C)Cc1ccc2c(c1)sc1c(-c3[c-]c4ccccc4c(C(C)(C)C)c3)nccc12.CCC(CC)C(=O)/C=C(\O)C(CC)CC.[Ir]. The van der Waals surface area contributed by atoms with Crippen molar-refractivity contribution in [3.63, 3.8) is 0 Å². The largest absolute Gasteiger partial charge is 0.512 e. The summed E-state index contributed by atoms with van der Waals surface area (Å²) in [5.41, 5.74) is 14.5. The molecule has 10 rings (SSSR count). The molecule has 0 amide bonds. The molecule has 0 fully saturated rings. The standard InChI is InChI=1S/C35H35N2.C30H30NS.C13H24O2.Ir/c1-34(2,3)22-24-11-13-25(14-12-24)26-15-17-27(18-16-26)32-21-33(37-23-36-32)29-19-28-9-7-8-10-30(28)31(20-29)35(4,5)6;1-29(2,3)18-19-11-12-23-24-13-14-31-27(28(24)32-26(23)15-19)21-16-20-9-7-8-10-22(20)25(17-21)30(4,5)6;1-5-10(6-2)12(14)9-13(15)11(7-3)8-4;/h7-18,20-21,23H,22H2,1-6H3;7-15,17H,18H2,1-6H3;9-11,14H,5-8H2,1-4H3;/q2*-1;;/b;;12-9-;. The summed E-state index contributed by atoms with van der Waals surface area (Å²) in [6.45, 7) is 35.4. The van der Waals surface area contributed by atoms with Gasteiger partial charge >= 0.3 is 0 Å². The number of carbonyl (C=O) groups excluding carboxylic acids is 1. The van der Waals surface area contributed by atoms with Crippen LogP contribution in [0.15, 0.2) is 164 Å². The number of ketones is 1. The van der Waals surface area contributed by atoms with E-state index in [1.807, 2.05) is 45.2 Å². The van der Waals surface area contributed by atoms with Crippen LogP contribution in [0.4, 0.5) is 0 Å². The van der Waals surface area contributed by atoms with Gasteiger partial charge in [-0.3, -0.25) is 14.8 Å². The number of thiophene rings is 1. The van der Waals surface area contributed by atoms with Gasteiger partial charge in [-0.15, -0.1) is 69.6 Å². The zero-order valence-corrected chi connectivity index (χ0v) is 56.6. The number of aliphatic hydroxyl groups excluding tert-OH is 1. The van der Waals surface area contributed by atoms with Crippen LogP contribution in [0.25, 0.3) is 86.6 Å². The van der Waals surface area contributed by atoms with Crippen molar-refractivity contribution in [2.75, 3.05) is 0 Å². The second-order valence-electron chi connectivity index (χ2n) is 27.3. The summed E-state index contributed by atoms with van der Waals surface area (Å²) in [5.74, 6) is 0.547. The van der Waals surface area contributed by atoms with E-state index in [9.17, 15) is 9.90 Å². The van der Waals surface area contributed by atoms with Crippen LogP contribution in [-0.2, 0) is 48.6 Å². The molecule has 0 aliphatic carbocycles. The maximum Gasteiger partial charge on any atom is 0.162 e. The molecule has 7 heteroatoms. The van der Waals surface area contributed by atoms with E-state index in [0.717, 1.165) is 83.1 Å². The van der Waals surface area contributed by atoms with E-state index in [1.54, 1.807) is 6.33 Å². The number of nitrogens with zero attached hydrogens (tertiary/aromatic N) is 3. The Morgan fingerprint density at radius 2 is 1.00 bits per heavy atom. The Bertz CT molecular complexity index is 3910. The Morgan fingerprint density at radius 1 is 0.518 bits per heavy atom. The summed E-state index contributed by atoms with van der Waals surface area (Å²) in [5, 5.41) is 17.2. The van der Waals surface area contributed by atoms with Crippen LogP contribution < -0.4 is 0 Å². The van der Waals surface area contributed by atoms with Gasteiger partial charge in [0.15, 0.2) is 5.78 Å². The first-order valence-electron chi connectivity index (χ1n) is 30.5. The molecule has 0 bridgehead atoms. The molecule has 7 aromatic carbocycles. The molecule has 0 spiro atoms. The van der Waals surface area contributed by atoms with Crippen LogP contribution in [0, 0.1) is 34.8 Å². The van der Waals surface area contributed by atoms with Crippen LogP contribution in [-0.4, -0.2) is 25.8 Å². The topological polar surface area (TPSA) is 76.0 Å². The molecule has 0 aliphatic rings. The van der Waals surface area contributed by atoms with Gasteiger partial charge in [0.2, 0.25) is 0 Å². The van der Waals surface area contributed by atoms with Gasteiger partial charge in [-0.1, -0.05) is 230 Å². The summed E-state index contributed by atoms with van der Waals surface area (Å²) in [7, 11) is 0. The number of fused-ring (bicyclic) bond motifs is 5. The summed E-state index contributed by atoms with van der Waals surface area (Å²) in [4.78, 5) is 25.8. The Kier molecular flexibility index (Phi) is 21.6. The van der Waals surface area contributed by atoms with Gasteiger partial charge in [-0.25, -0.2) is 4.98 Å². The monoisotopic (exact) mass is 1320 g/mol. The summed E-state index contributed by atoms with van der Waals surface area (Å²) >= 11 is 1.86. The number of hydrogen-bond donors (Lipinski definition) is 1. The van der Waals surface area contributed by atoms with Gasteiger partial charge in [0.25, 0.3) is 0 Å². The van der Waals surface area contributed by atoms with E-state index in [2.05, 4.69) is 245 Å². The summed E-state index contributed by atoms with van der Waals surface area (Å²) in [6.07, 6.45) is 10.7. The number of aliphatic hydroxyl groups is 1. The molecule has 3 heterocycles. The molecule has 445 valence electrons. The molecule has 0 aliphatic heterocycles. The first-order chi connectivity index (χ1) is 39.8. The van der Waals surface area contributed by atoms with Crippen LogP contribution in [0.3, 0.4) is 0 Å². The zero-order valence-electron chi connectivity index (χ0n) is 53.3. The summed E-state index contributed by atoms with van der Waals surface area (Å²) < 4.78 is 2.59. The van der Waals surface area contributed by atoms with Gasteiger partial charge in [0, 0.05) is 65.0 Å². The molecule has 1 radical (unpaired) electrons. The second kappa shape index (κ2) is 27.8. The number of benzene rings is 7. The third-order valence-electron chi connectivity index (χ3n) is 15.8. The third kappa shape index (κ3) is 16.7. The first-order valence-corrected chi connectivity index (χ1v) is 31.3. The van der Waals surface area contributed by atoms with Crippen molar-refractivity contribution in [2.24, 2.45) is 22.7 Å². The van der Waals surface area contributed by atoms with E-state index in [1.165, 1.54) is 70.4 Å². The second-order valence-corrected chi connectivity index (χ2v) is 28.3. The van der Waals surface area contributed by atoms with E-state index in [-0.39, 0.29) is 59.7 Å². The molecule has 1 N–H and O–H groups in total. The molecular weight excluding hydrogens is 1240 g/mol. The molecule has 0 unspecified atom stereocenters. The number of carbonyl (C=O) groups is 1. The van der Waals surface area contributed by atoms with Crippen molar-refractivity contribution in [1.82, 2.24) is 15.0 Å². The molecule has 85 heavy (non-hydrogen) atoms. The normalized spacial score (nSPS) is 12.3. The fourth-order valence-electron chi connectivity index (χ4n) is 11.3. The van der Waals surface area contributed by atoms with Gasteiger partial charge in [0.1, 0.15) is 6.33 Å². The number of aromatic nitrogens is 3. The van der Waals surface area contributed by atoms with Gasteiger partial charge in [0.05, 0.1) is 11.5 Å². The van der Waals surface area contributed by atoms with Crippen molar-refractivity contribution in [3.8, 4) is 44.9 Å². The van der Waals surface area contributed by atoms with E-state index >= 15 is 0 Å². The molecular formula is C78H89IrN3O2S-2. The summed E-state index contributed by atoms with van der Waals surface area (Å²) in [6, 6.07) is 57.7. The van der Waals surface area contributed by atoms with Crippen LogP contribution in [0.5, 0.6) is 0 Å². The minimum Gasteiger partial charge on any atom is -0.512 e. The number of pyridine rings is 1. The van der Waals surface area contributed by atoms with Gasteiger partial charge < -0.3 is 5.11 Å². The predicted octanol–water partition coefficient (Wildman–Crippen LogP) is 22.1. The van der Waals surface area contributed by atoms with Crippen LogP contribution >= 0.6 is 11.3 Å². The Labute approximate surface area is 526 Å². The molecule has 10 aromatic rings. The quantitative estimate of drug-likeness (QED) is 0.0707. The molecule has 0 saturated heterocycles. The fourth-order valence-corrected chi connectivity index (χ4v) is 12.6. The molecule has 3 aromatic heterocycles. The van der Waals surface area contributed by atoms with Crippen LogP contribution in [0.2, 0.25) is 0 Å². The molecule has 5 nitrogen and oxygen atoms in total. The van der Waals surface area contributed by atoms with E-state index < -0.39 is 0 Å². The maximum absolute atomic E-state index is 11.7. The maximum atomic E-state index is 11.7. The number of rotatable bonds is 13. The minimum absolute atomic E-state index is 0. The smallest absolute Gasteiger partial charge is 0.162 e. The van der Waals surface area contributed by atoms with Crippen molar-refractivity contribution in [3.05, 3.63) is 198 Å². The Balaban J connectivity index is 0.000000197. The number of allylic oxidation sites excluding steroid dienone is 2. The molecule has 0 saturated carbocycles. The van der Waals surface area contributed by atoms with E-state index in [4.69, 9.17) is 4.98 Å². The van der Waals surface area contributed by atoms with Crippen molar-refractivity contribution < 1.29 is 30.0 Å². The van der Waals surface area contributed by atoms with Crippen molar-refractivity contribution >= 4 is 58.8 Å². The fraction of sp³-hybridized carbons (Fsp3) is 0.359. The van der Waals surface area contributed by atoms with Gasteiger partial charge in [-0.05, 0) is 117 Å². The van der Waals surface area contributed by atoms with Crippen molar-refractivity contribution in [2.45, 2.75) is 160 Å². The average Bonchev–Trinajstić information content (AvgIpc) is 2.18. The predicted molar refractivity (Wildman–Crippen MR) is 361 cm³/mol. The zero-order chi connectivity index (χ0) is 60.7. The average molecular weight is 1320 g/mol. The first kappa shape index (κ1) is 65.9. The Morgan fingerprint density at radius 3 is 1.54 bits per heavy atom. The van der Waals surface area contributed by atoms with Crippen LogP contribution in [0.1, 0.15) is 159 Å².